The fourth-order valence-electron chi connectivity index (χ4n) is 2.81. The molecule has 0 fully saturated rings. The molecule has 2 aromatic rings. The van der Waals surface area contributed by atoms with Crippen LogP contribution in [-0.4, -0.2) is 0 Å². The minimum atomic E-state index is 0.140. The summed E-state index contributed by atoms with van der Waals surface area (Å²) in [7, 11) is 0. The van der Waals surface area contributed by atoms with Crippen molar-refractivity contribution < 1.29 is 4.74 Å². The molecule has 1 atom stereocenters. The first-order valence-electron chi connectivity index (χ1n) is 7.16. The molecule has 21 heavy (non-hydrogen) atoms. The lowest BCUT2D eigenvalue weighted by Crippen LogP contribution is -2.12. The van der Waals surface area contributed by atoms with Gasteiger partial charge in [-0.3, -0.25) is 0 Å². The van der Waals surface area contributed by atoms with Gasteiger partial charge in [-0.05, 0) is 48.1 Å². The Labute approximate surface area is 129 Å². The molecule has 0 radical (unpaired) electrons. The number of benzene rings is 2. The lowest BCUT2D eigenvalue weighted by molar-refractivity contribution is 0.0283. The third-order valence-electron chi connectivity index (χ3n) is 3.94. The fraction of sp³-hybridized carbons (Fsp3) is 0.278. The molecule has 0 N–H and O–H groups in total. The van der Waals surface area contributed by atoms with Crippen molar-refractivity contribution in [3.8, 4) is 6.07 Å². The SMILES string of the molecule is N#Cc1ccc(COC2CCCc3ccccc32)c(Cl)c1. The van der Waals surface area contributed by atoms with Gasteiger partial charge in [-0.25, -0.2) is 0 Å². The van der Waals surface area contributed by atoms with Crippen molar-refractivity contribution in [3.05, 3.63) is 69.7 Å². The number of rotatable bonds is 3. The highest BCUT2D eigenvalue weighted by atomic mass is 35.5. The van der Waals surface area contributed by atoms with Crippen LogP contribution in [0, 0.1) is 11.3 Å². The molecule has 0 aliphatic heterocycles. The number of hydrogen-bond acceptors (Lipinski definition) is 2. The largest absolute Gasteiger partial charge is 0.369 e. The van der Waals surface area contributed by atoms with E-state index in [0.717, 1.165) is 24.8 Å². The first-order chi connectivity index (χ1) is 10.3. The van der Waals surface area contributed by atoms with E-state index < -0.39 is 0 Å². The quantitative estimate of drug-likeness (QED) is 0.815. The molecule has 0 saturated carbocycles. The van der Waals surface area contributed by atoms with Gasteiger partial charge >= 0.3 is 0 Å². The summed E-state index contributed by atoms with van der Waals surface area (Å²) in [6, 6.07) is 15.9. The number of hydrogen-bond donors (Lipinski definition) is 0. The summed E-state index contributed by atoms with van der Waals surface area (Å²) in [4.78, 5) is 0. The molecule has 2 nitrogen and oxygen atoms in total. The van der Waals surface area contributed by atoms with Gasteiger partial charge in [-0.2, -0.15) is 5.26 Å². The highest BCUT2D eigenvalue weighted by Crippen LogP contribution is 2.33. The standard InChI is InChI=1S/C18H16ClNO/c19-17-10-13(11-20)8-9-15(17)12-21-18-7-3-5-14-4-1-2-6-16(14)18/h1-2,4,6,8-10,18H,3,5,7,12H2. The topological polar surface area (TPSA) is 33.0 Å². The van der Waals surface area contributed by atoms with Crippen LogP contribution in [0.1, 0.15) is 41.2 Å². The van der Waals surface area contributed by atoms with Gasteiger partial charge in [0.1, 0.15) is 0 Å². The Bertz CT molecular complexity index is 690. The van der Waals surface area contributed by atoms with E-state index in [1.54, 1.807) is 12.1 Å². The molecule has 3 heteroatoms. The summed E-state index contributed by atoms with van der Waals surface area (Å²) < 4.78 is 6.08. The smallest absolute Gasteiger partial charge is 0.0992 e. The van der Waals surface area contributed by atoms with Gasteiger partial charge in [0.25, 0.3) is 0 Å². The van der Waals surface area contributed by atoms with E-state index in [1.807, 2.05) is 6.07 Å². The van der Waals surface area contributed by atoms with E-state index in [9.17, 15) is 0 Å². The van der Waals surface area contributed by atoms with Gasteiger partial charge in [0.05, 0.1) is 24.3 Å². The van der Waals surface area contributed by atoms with E-state index >= 15 is 0 Å². The molecule has 0 aromatic heterocycles. The molecule has 0 heterocycles. The number of fused-ring (bicyclic) bond motifs is 1. The molecule has 106 valence electrons. The highest BCUT2D eigenvalue weighted by Gasteiger charge is 2.20. The minimum Gasteiger partial charge on any atom is -0.369 e. The number of aryl methyl sites for hydroxylation is 1. The van der Waals surface area contributed by atoms with Crippen LogP contribution in [0.3, 0.4) is 0 Å². The molecule has 3 rings (SSSR count). The Kier molecular flexibility index (Phi) is 4.24. The van der Waals surface area contributed by atoms with Crippen LogP contribution >= 0.6 is 11.6 Å². The molecule has 1 aliphatic carbocycles. The average Bonchev–Trinajstić information content (AvgIpc) is 2.53. The molecule has 1 unspecified atom stereocenters. The zero-order chi connectivity index (χ0) is 14.7. The van der Waals surface area contributed by atoms with Crippen LogP contribution < -0.4 is 0 Å². The second-order valence-electron chi connectivity index (χ2n) is 5.31. The first-order valence-corrected chi connectivity index (χ1v) is 7.53. The minimum absolute atomic E-state index is 0.140. The first kappa shape index (κ1) is 14.1. The van der Waals surface area contributed by atoms with Gasteiger partial charge in [0, 0.05) is 5.02 Å². The third kappa shape index (κ3) is 3.10. The Morgan fingerprint density at radius 2 is 2.10 bits per heavy atom. The van der Waals surface area contributed by atoms with E-state index in [-0.39, 0.29) is 6.10 Å². The van der Waals surface area contributed by atoms with Crippen LogP contribution in [0.5, 0.6) is 0 Å². The van der Waals surface area contributed by atoms with Crippen LogP contribution in [0.4, 0.5) is 0 Å². The summed E-state index contributed by atoms with van der Waals surface area (Å²) in [6.45, 7) is 0.476. The molecule has 1 aliphatic rings. The fourth-order valence-corrected chi connectivity index (χ4v) is 3.04. The summed E-state index contributed by atoms with van der Waals surface area (Å²) >= 11 is 6.19. The lowest BCUT2D eigenvalue weighted by Gasteiger charge is -2.25. The van der Waals surface area contributed by atoms with Crippen molar-refractivity contribution in [2.45, 2.75) is 32.0 Å². The van der Waals surface area contributed by atoms with Crippen LogP contribution in [-0.2, 0) is 17.8 Å². The van der Waals surface area contributed by atoms with Crippen molar-refractivity contribution in [3.63, 3.8) is 0 Å². The van der Waals surface area contributed by atoms with Gasteiger partial charge in [-0.15, -0.1) is 0 Å². The zero-order valence-electron chi connectivity index (χ0n) is 11.7. The van der Waals surface area contributed by atoms with E-state index in [1.165, 1.54) is 11.1 Å². The normalized spacial score (nSPS) is 17.0. The predicted octanol–water partition coefficient (Wildman–Crippen LogP) is 4.81. The van der Waals surface area contributed by atoms with Crippen molar-refractivity contribution in [2.24, 2.45) is 0 Å². The molecular formula is C18H16ClNO. The summed E-state index contributed by atoms with van der Waals surface area (Å²) in [5.41, 5.74) is 4.19. The summed E-state index contributed by atoms with van der Waals surface area (Å²) in [5.74, 6) is 0. The predicted molar refractivity (Wildman–Crippen MR) is 83.1 cm³/mol. The molecule has 2 aromatic carbocycles. The van der Waals surface area contributed by atoms with Crippen molar-refractivity contribution in [1.82, 2.24) is 0 Å². The highest BCUT2D eigenvalue weighted by molar-refractivity contribution is 6.31. The van der Waals surface area contributed by atoms with E-state index in [4.69, 9.17) is 21.6 Å². The van der Waals surface area contributed by atoms with E-state index in [0.29, 0.717) is 17.2 Å². The van der Waals surface area contributed by atoms with Crippen LogP contribution in [0.25, 0.3) is 0 Å². The Morgan fingerprint density at radius 3 is 2.90 bits per heavy atom. The van der Waals surface area contributed by atoms with Crippen molar-refractivity contribution in [2.75, 3.05) is 0 Å². The van der Waals surface area contributed by atoms with Crippen molar-refractivity contribution >= 4 is 11.6 Å². The Hall–Kier alpha value is -1.82. The molecule has 0 amide bonds. The maximum Gasteiger partial charge on any atom is 0.0992 e. The maximum absolute atomic E-state index is 8.86. The number of nitriles is 1. The van der Waals surface area contributed by atoms with Crippen LogP contribution in [0.15, 0.2) is 42.5 Å². The molecule has 0 saturated heterocycles. The van der Waals surface area contributed by atoms with Gasteiger partial charge in [0.15, 0.2) is 0 Å². The monoisotopic (exact) mass is 297 g/mol. The summed E-state index contributed by atoms with van der Waals surface area (Å²) in [5, 5.41) is 9.45. The molecule has 0 spiro atoms. The van der Waals surface area contributed by atoms with Crippen molar-refractivity contribution in [1.29, 1.82) is 5.26 Å². The summed E-state index contributed by atoms with van der Waals surface area (Å²) in [6.07, 6.45) is 3.48. The molecule has 0 bridgehead atoms. The van der Waals surface area contributed by atoms with Gasteiger partial charge in [0.2, 0.25) is 0 Å². The van der Waals surface area contributed by atoms with Crippen LogP contribution in [0.2, 0.25) is 5.02 Å². The third-order valence-corrected chi connectivity index (χ3v) is 4.29. The Balaban J connectivity index is 1.73. The van der Waals surface area contributed by atoms with E-state index in [2.05, 4.69) is 30.3 Å². The number of ether oxygens (including phenoxy) is 1. The number of nitrogens with zero attached hydrogens (tertiary/aromatic N) is 1. The number of halogens is 1. The zero-order valence-corrected chi connectivity index (χ0v) is 12.4. The second kappa shape index (κ2) is 6.30. The average molecular weight is 298 g/mol. The second-order valence-corrected chi connectivity index (χ2v) is 5.72. The molecular weight excluding hydrogens is 282 g/mol. The van der Waals surface area contributed by atoms with Gasteiger partial charge < -0.3 is 4.74 Å². The van der Waals surface area contributed by atoms with Gasteiger partial charge in [-0.1, -0.05) is 41.9 Å². The maximum atomic E-state index is 8.86. The Morgan fingerprint density at radius 1 is 1.24 bits per heavy atom. The lowest BCUT2D eigenvalue weighted by atomic mass is 9.89.